The van der Waals surface area contributed by atoms with Gasteiger partial charge in [-0.3, -0.25) is 12.5 Å². The van der Waals surface area contributed by atoms with Crippen LogP contribution < -0.4 is 14.2 Å². The first kappa shape index (κ1) is 25.1. The molecule has 1 unspecified atom stereocenters. The van der Waals surface area contributed by atoms with Crippen LogP contribution >= 0.6 is 22.9 Å². The number of carbonyl (C=O) groups is 1. The lowest BCUT2D eigenvalue weighted by molar-refractivity contribution is -0.140. The van der Waals surface area contributed by atoms with Crippen LogP contribution in [0.2, 0.25) is 0 Å². The molecule has 2 heterocycles. The van der Waals surface area contributed by atoms with E-state index in [1.54, 1.807) is 22.9 Å². The SMILES string of the molecule is CN(CC1Nc2ccc(C(F)(F)F)cc2N1I)C(=O)Cn1c(=O)oc2ccc(C(F)(F)F)c(F)c21. The number of amides is 1. The Morgan fingerprint density at radius 3 is 2.46 bits per heavy atom. The highest BCUT2D eigenvalue weighted by atomic mass is 127. The smallest absolute Gasteiger partial charge is 0.408 e. The third-order valence-corrected chi connectivity index (χ3v) is 6.58. The molecule has 0 radical (unpaired) electrons. The van der Waals surface area contributed by atoms with Gasteiger partial charge in [0.15, 0.2) is 11.4 Å². The standard InChI is InChI=1S/C20H14F7IN4O3/c1-30(7-14-29-11-4-2-9(19(22,23)24)6-12(11)32(14)28)15(33)8-31-17-13(35-18(31)34)5-3-10(16(17)21)20(25,26)27/h2-6,14,29H,7-8H2,1H3. The van der Waals surface area contributed by atoms with Crippen molar-refractivity contribution in [2.75, 3.05) is 22.0 Å². The van der Waals surface area contributed by atoms with Crippen molar-refractivity contribution in [1.29, 1.82) is 0 Å². The zero-order valence-electron chi connectivity index (χ0n) is 17.5. The number of rotatable bonds is 4. The summed E-state index contributed by atoms with van der Waals surface area (Å²) in [4.78, 5) is 26.0. The largest absolute Gasteiger partial charge is 0.420 e. The summed E-state index contributed by atoms with van der Waals surface area (Å²) in [6, 6.07) is 4.34. The molecule has 0 saturated heterocycles. The zero-order valence-corrected chi connectivity index (χ0v) is 19.6. The second kappa shape index (κ2) is 8.60. The average molecular weight is 618 g/mol. The molecule has 1 aliphatic rings. The van der Waals surface area contributed by atoms with Gasteiger partial charge in [0.05, 0.1) is 51.9 Å². The van der Waals surface area contributed by atoms with Gasteiger partial charge in [0.2, 0.25) is 5.91 Å². The Morgan fingerprint density at radius 1 is 1.14 bits per heavy atom. The fourth-order valence-corrected chi connectivity index (χ4v) is 4.34. The highest BCUT2D eigenvalue weighted by Gasteiger charge is 2.37. The zero-order chi connectivity index (χ0) is 25.9. The number of halogens is 8. The van der Waals surface area contributed by atoms with Crippen molar-refractivity contribution in [2.45, 2.75) is 25.1 Å². The second-order valence-electron chi connectivity index (χ2n) is 7.70. The second-order valence-corrected chi connectivity index (χ2v) is 8.74. The Hall–Kier alpha value is -2.98. The van der Waals surface area contributed by atoms with Gasteiger partial charge in [-0.15, -0.1) is 0 Å². The minimum absolute atomic E-state index is 0.0847. The molecule has 1 aliphatic heterocycles. The van der Waals surface area contributed by atoms with Crippen LogP contribution in [0.3, 0.4) is 0 Å². The number of aromatic nitrogens is 1. The number of carbonyl (C=O) groups excluding carboxylic acids is 1. The molecule has 35 heavy (non-hydrogen) atoms. The Morgan fingerprint density at radius 2 is 1.83 bits per heavy atom. The van der Waals surface area contributed by atoms with E-state index in [2.05, 4.69) is 5.32 Å². The molecule has 0 saturated carbocycles. The highest BCUT2D eigenvalue weighted by Crippen LogP contribution is 2.41. The summed E-state index contributed by atoms with van der Waals surface area (Å²) in [5.74, 6) is -3.74. The van der Waals surface area contributed by atoms with E-state index in [1.807, 2.05) is 0 Å². The van der Waals surface area contributed by atoms with E-state index in [0.717, 1.165) is 23.1 Å². The first-order valence-corrected chi connectivity index (χ1v) is 10.7. The van der Waals surface area contributed by atoms with Gasteiger partial charge < -0.3 is 14.6 Å². The molecule has 0 spiro atoms. The maximum absolute atomic E-state index is 14.6. The van der Waals surface area contributed by atoms with Crippen molar-refractivity contribution in [3.05, 3.63) is 57.8 Å². The van der Waals surface area contributed by atoms with Gasteiger partial charge in [-0.25, -0.2) is 9.18 Å². The molecule has 0 fully saturated rings. The lowest BCUT2D eigenvalue weighted by atomic mass is 10.2. The Kier molecular flexibility index (Phi) is 6.17. The van der Waals surface area contributed by atoms with Gasteiger partial charge in [0.1, 0.15) is 18.2 Å². The molecule has 1 N–H and O–H groups in total. The number of fused-ring (bicyclic) bond motifs is 2. The molecule has 0 aliphatic carbocycles. The number of oxazole rings is 1. The number of likely N-dealkylation sites (N-methyl/N-ethyl adjacent to an activating group) is 1. The number of nitrogens with zero attached hydrogens (tertiary/aromatic N) is 3. The van der Waals surface area contributed by atoms with Crippen LogP contribution in [0.25, 0.3) is 11.1 Å². The van der Waals surface area contributed by atoms with Crippen LogP contribution in [0, 0.1) is 5.82 Å². The molecule has 3 aromatic rings. The van der Waals surface area contributed by atoms with Gasteiger partial charge in [0, 0.05) is 7.05 Å². The first-order valence-electron chi connectivity index (χ1n) is 9.74. The van der Waals surface area contributed by atoms with Gasteiger partial charge >= 0.3 is 18.1 Å². The summed E-state index contributed by atoms with van der Waals surface area (Å²) >= 11 is 1.78. The number of hydrogen-bond donors (Lipinski definition) is 1. The molecule has 2 aromatic carbocycles. The summed E-state index contributed by atoms with van der Waals surface area (Å²) < 4.78 is 99.5. The molecular formula is C20H14F7IN4O3. The van der Waals surface area contributed by atoms with Crippen LogP contribution in [-0.4, -0.2) is 35.1 Å². The van der Waals surface area contributed by atoms with Gasteiger partial charge in [-0.1, -0.05) is 0 Å². The Balaban J connectivity index is 1.53. The van der Waals surface area contributed by atoms with E-state index in [4.69, 9.17) is 4.42 Å². The van der Waals surface area contributed by atoms with Crippen molar-refractivity contribution in [1.82, 2.24) is 9.47 Å². The van der Waals surface area contributed by atoms with Gasteiger partial charge in [-0.2, -0.15) is 26.3 Å². The molecule has 188 valence electrons. The predicted octanol–water partition coefficient (Wildman–Crippen LogP) is 4.84. The summed E-state index contributed by atoms with van der Waals surface area (Å²) in [6.45, 7) is -0.904. The molecule has 15 heteroatoms. The quantitative estimate of drug-likeness (QED) is 0.258. The number of benzene rings is 2. The molecular weight excluding hydrogens is 604 g/mol. The van der Waals surface area contributed by atoms with Crippen LogP contribution in [0.15, 0.2) is 39.5 Å². The van der Waals surface area contributed by atoms with Crippen molar-refractivity contribution in [3.8, 4) is 0 Å². The number of hydrogen-bond acceptors (Lipinski definition) is 5. The average Bonchev–Trinajstić information content (AvgIpc) is 3.23. The van der Waals surface area contributed by atoms with E-state index < -0.39 is 64.8 Å². The lowest BCUT2D eigenvalue weighted by Gasteiger charge is -2.26. The first-order chi connectivity index (χ1) is 16.2. The highest BCUT2D eigenvalue weighted by molar-refractivity contribution is 14.1. The number of alkyl halides is 6. The summed E-state index contributed by atoms with van der Waals surface area (Å²) in [5, 5.41) is 2.97. The minimum atomic E-state index is -5.03. The molecule has 0 bridgehead atoms. The summed E-state index contributed by atoms with van der Waals surface area (Å²) in [5.41, 5.74) is -3.08. The third-order valence-electron chi connectivity index (χ3n) is 5.39. The molecule has 1 amide bonds. The fourth-order valence-electron chi connectivity index (χ4n) is 3.63. The van der Waals surface area contributed by atoms with Crippen molar-refractivity contribution < 1.29 is 39.9 Å². The normalized spacial score (nSPS) is 15.9. The number of nitrogens with one attached hydrogen (secondary N) is 1. The van der Waals surface area contributed by atoms with E-state index in [0.29, 0.717) is 16.3 Å². The molecule has 1 aromatic heterocycles. The molecule has 1 atom stereocenters. The van der Waals surface area contributed by atoms with Gasteiger partial charge in [-0.05, 0) is 30.3 Å². The monoisotopic (exact) mass is 618 g/mol. The number of anilines is 2. The van der Waals surface area contributed by atoms with Crippen LogP contribution in [0.5, 0.6) is 0 Å². The van der Waals surface area contributed by atoms with Crippen LogP contribution in [-0.2, 0) is 23.7 Å². The van der Waals surface area contributed by atoms with E-state index in [9.17, 15) is 40.3 Å². The van der Waals surface area contributed by atoms with Crippen molar-refractivity contribution in [2.24, 2.45) is 0 Å². The van der Waals surface area contributed by atoms with E-state index in [1.165, 1.54) is 16.2 Å². The van der Waals surface area contributed by atoms with Crippen molar-refractivity contribution in [3.63, 3.8) is 0 Å². The third kappa shape index (κ3) is 4.64. The van der Waals surface area contributed by atoms with E-state index >= 15 is 0 Å². The Bertz CT molecular complexity index is 1370. The lowest BCUT2D eigenvalue weighted by Crippen LogP contribution is -2.43. The van der Waals surface area contributed by atoms with Crippen LogP contribution in [0.1, 0.15) is 11.1 Å². The van der Waals surface area contributed by atoms with Crippen LogP contribution in [0.4, 0.5) is 42.1 Å². The van der Waals surface area contributed by atoms with Gasteiger partial charge in [0.25, 0.3) is 0 Å². The maximum Gasteiger partial charge on any atom is 0.420 e. The predicted molar refractivity (Wildman–Crippen MR) is 118 cm³/mol. The topological polar surface area (TPSA) is 70.7 Å². The molecule has 7 nitrogen and oxygen atoms in total. The summed E-state index contributed by atoms with van der Waals surface area (Å²) in [6.07, 6.45) is -10.2. The minimum Gasteiger partial charge on any atom is -0.408 e. The van der Waals surface area contributed by atoms with Crippen molar-refractivity contribution >= 4 is 51.2 Å². The maximum atomic E-state index is 14.6. The fraction of sp³-hybridized carbons (Fsp3) is 0.300. The molecule has 4 rings (SSSR count). The van der Waals surface area contributed by atoms with E-state index in [-0.39, 0.29) is 12.2 Å². The summed E-state index contributed by atoms with van der Waals surface area (Å²) in [7, 11) is 1.32. The Labute approximate surface area is 205 Å².